The first kappa shape index (κ1) is 12.2. The van der Waals surface area contributed by atoms with Crippen LogP contribution < -0.4 is 5.73 Å². The third-order valence-electron chi connectivity index (χ3n) is 3.43. The molecule has 0 aliphatic carbocycles. The van der Waals surface area contributed by atoms with Crippen molar-refractivity contribution in [2.75, 3.05) is 19.6 Å². The Morgan fingerprint density at radius 2 is 2.18 bits per heavy atom. The van der Waals surface area contributed by atoms with Gasteiger partial charge in [0, 0.05) is 13.1 Å². The van der Waals surface area contributed by atoms with Crippen molar-refractivity contribution in [1.82, 2.24) is 4.90 Å². The van der Waals surface area contributed by atoms with Gasteiger partial charge < -0.3 is 15.1 Å². The van der Waals surface area contributed by atoms with Gasteiger partial charge in [0.05, 0.1) is 0 Å². The lowest BCUT2D eigenvalue weighted by Gasteiger charge is -2.31. The van der Waals surface area contributed by atoms with Crippen molar-refractivity contribution < 1.29 is 9.21 Å². The van der Waals surface area contributed by atoms with E-state index < -0.39 is 0 Å². The molecule has 1 aromatic heterocycles. The minimum Gasteiger partial charge on any atom is -0.456 e. The summed E-state index contributed by atoms with van der Waals surface area (Å²) >= 11 is 0. The Morgan fingerprint density at radius 1 is 1.47 bits per heavy atom. The van der Waals surface area contributed by atoms with Gasteiger partial charge >= 0.3 is 0 Å². The van der Waals surface area contributed by atoms with Crippen LogP contribution in [-0.4, -0.2) is 30.4 Å². The molecule has 1 amide bonds. The predicted octanol–water partition coefficient (Wildman–Crippen LogP) is 1.79. The van der Waals surface area contributed by atoms with Gasteiger partial charge in [-0.2, -0.15) is 0 Å². The Bertz CT molecular complexity index is 379. The van der Waals surface area contributed by atoms with Crippen LogP contribution in [-0.2, 0) is 0 Å². The molecule has 2 heterocycles. The molecule has 1 aliphatic heterocycles. The molecule has 1 fully saturated rings. The van der Waals surface area contributed by atoms with E-state index in [0.29, 0.717) is 11.7 Å². The number of amides is 1. The summed E-state index contributed by atoms with van der Waals surface area (Å²) in [6.45, 7) is 4.24. The summed E-state index contributed by atoms with van der Waals surface area (Å²) in [6, 6.07) is 3.58. The van der Waals surface area contributed by atoms with Crippen LogP contribution in [0.15, 0.2) is 16.5 Å². The molecule has 0 aromatic carbocycles. The zero-order chi connectivity index (χ0) is 12.3. The average Bonchev–Trinajstić information content (AvgIpc) is 2.76. The summed E-state index contributed by atoms with van der Waals surface area (Å²) in [5.41, 5.74) is 5.55. The zero-order valence-corrected chi connectivity index (χ0v) is 10.3. The highest BCUT2D eigenvalue weighted by atomic mass is 16.3. The van der Waals surface area contributed by atoms with Gasteiger partial charge in [-0.05, 0) is 50.8 Å². The number of likely N-dealkylation sites (tertiary alicyclic amines) is 1. The maximum absolute atomic E-state index is 12.1. The highest BCUT2D eigenvalue weighted by molar-refractivity contribution is 5.91. The number of nitrogens with two attached hydrogens (primary N) is 1. The molecule has 0 atom stereocenters. The fourth-order valence-corrected chi connectivity index (χ4v) is 2.37. The summed E-state index contributed by atoms with van der Waals surface area (Å²) in [5, 5.41) is 0. The molecule has 4 nitrogen and oxygen atoms in total. The smallest absolute Gasteiger partial charge is 0.289 e. The van der Waals surface area contributed by atoms with Crippen molar-refractivity contribution in [3.8, 4) is 0 Å². The molecule has 2 N–H and O–H groups in total. The van der Waals surface area contributed by atoms with E-state index in [-0.39, 0.29) is 5.91 Å². The molecular formula is C13H20N2O2. The van der Waals surface area contributed by atoms with Crippen molar-refractivity contribution in [1.29, 1.82) is 0 Å². The molecule has 1 aliphatic rings. The van der Waals surface area contributed by atoms with Gasteiger partial charge in [-0.15, -0.1) is 0 Å². The molecule has 0 unspecified atom stereocenters. The third-order valence-corrected chi connectivity index (χ3v) is 3.43. The minimum atomic E-state index is 0.0179. The number of rotatable bonds is 3. The quantitative estimate of drug-likeness (QED) is 0.870. The SMILES string of the molecule is Cc1ccc(C(=O)N2CCC(CCN)CC2)o1. The van der Waals surface area contributed by atoms with Crippen molar-refractivity contribution in [2.24, 2.45) is 11.7 Å². The Kier molecular flexibility index (Phi) is 3.84. The number of piperidine rings is 1. The Hall–Kier alpha value is -1.29. The zero-order valence-electron chi connectivity index (χ0n) is 10.3. The van der Waals surface area contributed by atoms with Crippen molar-refractivity contribution in [3.05, 3.63) is 23.7 Å². The van der Waals surface area contributed by atoms with Gasteiger partial charge in [0.1, 0.15) is 5.76 Å². The molecule has 4 heteroatoms. The number of hydrogen-bond donors (Lipinski definition) is 1. The molecule has 0 bridgehead atoms. The number of carbonyl (C=O) groups is 1. The van der Waals surface area contributed by atoms with Crippen LogP contribution >= 0.6 is 0 Å². The maximum Gasteiger partial charge on any atom is 0.289 e. The number of furan rings is 1. The van der Waals surface area contributed by atoms with Gasteiger partial charge in [0.2, 0.25) is 0 Å². The first-order valence-electron chi connectivity index (χ1n) is 6.26. The van der Waals surface area contributed by atoms with Crippen LogP contribution in [0, 0.1) is 12.8 Å². The van der Waals surface area contributed by atoms with E-state index in [1.807, 2.05) is 17.9 Å². The lowest BCUT2D eigenvalue weighted by Crippen LogP contribution is -2.38. The van der Waals surface area contributed by atoms with E-state index >= 15 is 0 Å². The third kappa shape index (κ3) is 2.88. The second-order valence-corrected chi connectivity index (χ2v) is 4.72. The number of aryl methyl sites for hydroxylation is 1. The van der Waals surface area contributed by atoms with Crippen LogP contribution in [0.3, 0.4) is 0 Å². The molecule has 0 saturated carbocycles. The van der Waals surface area contributed by atoms with E-state index in [0.717, 1.165) is 44.7 Å². The van der Waals surface area contributed by atoms with Crippen molar-refractivity contribution in [2.45, 2.75) is 26.2 Å². The highest BCUT2D eigenvalue weighted by Crippen LogP contribution is 2.21. The van der Waals surface area contributed by atoms with Crippen molar-refractivity contribution in [3.63, 3.8) is 0 Å². The summed E-state index contributed by atoms with van der Waals surface area (Å²) in [4.78, 5) is 14.0. The Labute approximate surface area is 102 Å². The van der Waals surface area contributed by atoms with Gasteiger partial charge in [0.25, 0.3) is 5.91 Å². The molecule has 2 rings (SSSR count). The Morgan fingerprint density at radius 3 is 2.71 bits per heavy atom. The van der Waals surface area contributed by atoms with E-state index in [1.165, 1.54) is 0 Å². The highest BCUT2D eigenvalue weighted by Gasteiger charge is 2.24. The molecule has 1 aromatic rings. The second kappa shape index (κ2) is 5.36. The lowest BCUT2D eigenvalue weighted by atomic mass is 9.93. The second-order valence-electron chi connectivity index (χ2n) is 4.72. The molecule has 94 valence electrons. The van der Waals surface area contributed by atoms with E-state index in [1.54, 1.807) is 6.07 Å². The molecular weight excluding hydrogens is 216 g/mol. The summed E-state index contributed by atoms with van der Waals surface area (Å²) in [6.07, 6.45) is 3.19. The van der Waals surface area contributed by atoms with Crippen LogP contribution in [0.1, 0.15) is 35.6 Å². The summed E-state index contributed by atoms with van der Waals surface area (Å²) in [5.74, 6) is 1.94. The topological polar surface area (TPSA) is 59.5 Å². The fraction of sp³-hybridized carbons (Fsp3) is 0.615. The number of nitrogens with zero attached hydrogens (tertiary/aromatic N) is 1. The molecule has 0 radical (unpaired) electrons. The van der Waals surface area contributed by atoms with Crippen LogP contribution in [0.5, 0.6) is 0 Å². The fourth-order valence-electron chi connectivity index (χ4n) is 2.37. The minimum absolute atomic E-state index is 0.0179. The predicted molar refractivity (Wildman–Crippen MR) is 65.7 cm³/mol. The van der Waals surface area contributed by atoms with E-state index in [9.17, 15) is 4.79 Å². The number of hydrogen-bond acceptors (Lipinski definition) is 3. The lowest BCUT2D eigenvalue weighted by molar-refractivity contribution is 0.0654. The largest absolute Gasteiger partial charge is 0.456 e. The van der Waals surface area contributed by atoms with E-state index in [2.05, 4.69) is 0 Å². The van der Waals surface area contributed by atoms with Gasteiger partial charge in [0.15, 0.2) is 5.76 Å². The average molecular weight is 236 g/mol. The number of carbonyl (C=O) groups excluding carboxylic acids is 1. The molecule has 0 spiro atoms. The van der Waals surface area contributed by atoms with Crippen molar-refractivity contribution >= 4 is 5.91 Å². The Balaban J connectivity index is 1.90. The van der Waals surface area contributed by atoms with E-state index in [4.69, 9.17) is 10.2 Å². The van der Waals surface area contributed by atoms with Crippen LogP contribution in [0.25, 0.3) is 0 Å². The molecule has 1 saturated heterocycles. The van der Waals surface area contributed by atoms with Crippen LogP contribution in [0.2, 0.25) is 0 Å². The standard InChI is InChI=1S/C13H20N2O2/c1-10-2-3-12(17-10)13(16)15-8-5-11(4-7-14)6-9-15/h2-3,11H,4-9,14H2,1H3. The summed E-state index contributed by atoms with van der Waals surface area (Å²) in [7, 11) is 0. The maximum atomic E-state index is 12.1. The normalized spacial score (nSPS) is 17.4. The van der Waals surface area contributed by atoms with Gasteiger partial charge in [-0.3, -0.25) is 4.79 Å². The molecule has 17 heavy (non-hydrogen) atoms. The first-order valence-corrected chi connectivity index (χ1v) is 6.26. The van der Waals surface area contributed by atoms with Gasteiger partial charge in [-0.25, -0.2) is 0 Å². The van der Waals surface area contributed by atoms with Gasteiger partial charge in [-0.1, -0.05) is 0 Å². The first-order chi connectivity index (χ1) is 8.20. The van der Waals surface area contributed by atoms with Crippen LogP contribution in [0.4, 0.5) is 0 Å². The monoisotopic (exact) mass is 236 g/mol. The summed E-state index contributed by atoms with van der Waals surface area (Å²) < 4.78 is 5.36.